The van der Waals surface area contributed by atoms with Crippen molar-refractivity contribution in [3.05, 3.63) is 119 Å². The Kier molecular flexibility index (Phi) is 7.91. The number of aromatic nitrogens is 6. The molecule has 1 aliphatic heterocycles. The van der Waals surface area contributed by atoms with Crippen molar-refractivity contribution in [1.29, 1.82) is 0 Å². The van der Waals surface area contributed by atoms with E-state index in [4.69, 9.17) is 14.5 Å². The number of halogens is 3. The fraction of sp³-hybridized carbons (Fsp3) is 0.229. The van der Waals surface area contributed by atoms with Gasteiger partial charge < -0.3 is 19.1 Å². The summed E-state index contributed by atoms with van der Waals surface area (Å²) < 4.78 is 59.9. The van der Waals surface area contributed by atoms with Gasteiger partial charge in [0.25, 0.3) is 5.88 Å². The van der Waals surface area contributed by atoms with E-state index in [1.165, 1.54) is 41.2 Å². The molecule has 244 valence electrons. The molecular formula is C35H29F3N6O4. The van der Waals surface area contributed by atoms with Crippen molar-refractivity contribution in [3.8, 4) is 22.8 Å². The van der Waals surface area contributed by atoms with Gasteiger partial charge in [0, 0.05) is 29.0 Å². The number of hydrogen-bond donors (Lipinski definition) is 1. The molecule has 7 rings (SSSR count). The number of carboxylic acid groups (broad SMARTS) is 1. The molecule has 4 heterocycles. The van der Waals surface area contributed by atoms with Crippen molar-refractivity contribution in [3.63, 3.8) is 0 Å². The summed E-state index contributed by atoms with van der Waals surface area (Å²) in [6.45, 7) is 4.77. The first-order valence-electron chi connectivity index (χ1n) is 15.1. The van der Waals surface area contributed by atoms with E-state index in [9.17, 15) is 18.7 Å². The van der Waals surface area contributed by atoms with Gasteiger partial charge in [-0.2, -0.15) is 0 Å². The average Bonchev–Trinajstić information content (AvgIpc) is 3.80. The number of rotatable bonds is 9. The van der Waals surface area contributed by atoms with Crippen LogP contribution in [0.15, 0.2) is 79.1 Å². The first kappa shape index (κ1) is 31.1. The Morgan fingerprint density at radius 3 is 2.50 bits per heavy atom. The molecule has 1 aliphatic rings. The van der Waals surface area contributed by atoms with Gasteiger partial charge in [-0.25, -0.2) is 32.6 Å². The third kappa shape index (κ3) is 5.88. The smallest absolute Gasteiger partial charge is 0.335 e. The van der Waals surface area contributed by atoms with Gasteiger partial charge in [0.1, 0.15) is 24.1 Å². The molecule has 3 aromatic carbocycles. The van der Waals surface area contributed by atoms with E-state index < -0.39 is 23.4 Å². The van der Waals surface area contributed by atoms with Gasteiger partial charge in [0.2, 0.25) is 0 Å². The molecule has 1 atom stereocenters. The molecule has 1 saturated heterocycles. The van der Waals surface area contributed by atoms with Crippen molar-refractivity contribution >= 4 is 17.0 Å². The van der Waals surface area contributed by atoms with Crippen LogP contribution in [-0.2, 0) is 17.8 Å². The first-order chi connectivity index (χ1) is 23.1. The van der Waals surface area contributed by atoms with Crippen molar-refractivity contribution in [2.24, 2.45) is 5.41 Å². The van der Waals surface area contributed by atoms with Gasteiger partial charge in [-0.05, 0) is 48.0 Å². The summed E-state index contributed by atoms with van der Waals surface area (Å²) in [6, 6.07) is 16.2. The van der Waals surface area contributed by atoms with E-state index in [0.717, 1.165) is 6.07 Å². The van der Waals surface area contributed by atoms with Crippen LogP contribution in [0, 0.1) is 22.9 Å². The topological polar surface area (TPSA) is 117 Å². The minimum absolute atomic E-state index is 0.127. The van der Waals surface area contributed by atoms with Crippen LogP contribution in [-0.4, -0.2) is 53.8 Å². The Hall–Kier alpha value is -5.56. The SMILES string of the molecule is CC1(C)COC[C@H]1n1c(Cc2ccc(-c3ccc(F)c(OCc4ccc(-n5ccnn5)cc4F)n3)cc2F)nc2ccc(C(=O)O)cc21. The first-order valence-corrected chi connectivity index (χ1v) is 15.1. The molecule has 6 aromatic rings. The number of ether oxygens (including phenoxy) is 2. The predicted molar refractivity (Wildman–Crippen MR) is 168 cm³/mol. The van der Waals surface area contributed by atoms with E-state index in [1.807, 2.05) is 4.57 Å². The van der Waals surface area contributed by atoms with Gasteiger partial charge in [0.15, 0.2) is 5.82 Å². The van der Waals surface area contributed by atoms with Crippen LogP contribution in [0.5, 0.6) is 5.88 Å². The van der Waals surface area contributed by atoms with E-state index in [-0.39, 0.29) is 47.2 Å². The third-order valence-electron chi connectivity index (χ3n) is 8.57. The normalized spacial score (nSPS) is 15.6. The number of carbonyl (C=O) groups is 1. The van der Waals surface area contributed by atoms with Crippen molar-refractivity contribution < 1.29 is 32.5 Å². The highest BCUT2D eigenvalue weighted by atomic mass is 19.1. The zero-order valence-corrected chi connectivity index (χ0v) is 25.9. The molecule has 1 N–H and O–H groups in total. The summed E-state index contributed by atoms with van der Waals surface area (Å²) in [5, 5.41) is 17.1. The molecule has 10 nitrogen and oxygen atoms in total. The van der Waals surface area contributed by atoms with Crippen LogP contribution in [0.2, 0.25) is 0 Å². The Labute approximate surface area is 272 Å². The highest BCUT2D eigenvalue weighted by molar-refractivity contribution is 5.92. The molecule has 1 fully saturated rings. The molecule has 48 heavy (non-hydrogen) atoms. The standard InChI is InChI=1S/C35H29F3N6O4/c1-35(2)19-47-18-31(35)44-30-14-22(34(45)46)6-9-29(30)40-32(44)15-20-3-4-21(13-26(20)37)28-10-8-25(36)33(41-28)48-17-23-5-7-24(16-27(23)38)43-12-11-39-42-43/h3-14,16,31H,15,17-19H2,1-2H3,(H,45,46)/t31-/m1/s1. The fourth-order valence-corrected chi connectivity index (χ4v) is 5.92. The molecule has 0 aliphatic carbocycles. The molecule has 0 saturated carbocycles. The monoisotopic (exact) mass is 654 g/mol. The van der Waals surface area contributed by atoms with Crippen LogP contribution >= 0.6 is 0 Å². The lowest BCUT2D eigenvalue weighted by Crippen LogP contribution is -2.27. The average molecular weight is 655 g/mol. The van der Waals surface area contributed by atoms with Crippen molar-refractivity contribution in [2.75, 3.05) is 13.2 Å². The number of nitrogens with zero attached hydrogens (tertiary/aromatic N) is 6. The fourth-order valence-electron chi connectivity index (χ4n) is 5.92. The van der Waals surface area contributed by atoms with Crippen LogP contribution < -0.4 is 4.74 Å². The molecule has 0 bridgehead atoms. The molecule has 13 heteroatoms. The zero-order valence-electron chi connectivity index (χ0n) is 25.9. The Bertz CT molecular complexity index is 2170. The second-order valence-corrected chi connectivity index (χ2v) is 12.3. The van der Waals surface area contributed by atoms with Gasteiger partial charge in [-0.1, -0.05) is 37.3 Å². The maximum absolute atomic E-state index is 15.7. The number of aromatic carboxylic acids is 1. The van der Waals surface area contributed by atoms with Crippen molar-refractivity contribution in [1.82, 2.24) is 29.5 Å². The number of hydrogen-bond acceptors (Lipinski definition) is 7. The van der Waals surface area contributed by atoms with Gasteiger partial charge in [0.05, 0.1) is 59.6 Å². The Morgan fingerprint density at radius 2 is 1.79 bits per heavy atom. The van der Waals surface area contributed by atoms with Crippen LogP contribution in [0.4, 0.5) is 13.2 Å². The highest BCUT2D eigenvalue weighted by Crippen LogP contribution is 2.40. The van der Waals surface area contributed by atoms with Crippen LogP contribution in [0.1, 0.15) is 47.2 Å². The second-order valence-electron chi connectivity index (χ2n) is 12.3. The van der Waals surface area contributed by atoms with Gasteiger partial charge in [-0.15, -0.1) is 5.10 Å². The number of pyridine rings is 1. The molecule has 0 radical (unpaired) electrons. The number of imidazole rings is 1. The van der Waals surface area contributed by atoms with Crippen LogP contribution in [0.25, 0.3) is 28.0 Å². The number of benzene rings is 3. The molecular weight excluding hydrogens is 625 g/mol. The largest absolute Gasteiger partial charge is 0.478 e. The number of fused-ring (bicyclic) bond motifs is 1. The zero-order chi connectivity index (χ0) is 33.6. The van der Waals surface area contributed by atoms with E-state index >= 15 is 4.39 Å². The summed E-state index contributed by atoms with van der Waals surface area (Å²) in [7, 11) is 0. The minimum Gasteiger partial charge on any atom is -0.478 e. The maximum Gasteiger partial charge on any atom is 0.335 e. The summed E-state index contributed by atoms with van der Waals surface area (Å²) >= 11 is 0. The van der Waals surface area contributed by atoms with Gasteiger partial charge in [-0.3, -0.25) is 0 Å². The number of carboxylic acids is 1. The lowest BCUT2D eigenvalue weighted by molar-refractivity contribution is 0.0697. The van der Waals surface area contributed by atoms with E-state index in [0.29, 0.717) is 46.9 Å². The molecule has 0 unspecified atom stereocenters. The minimum atomic E-state index is -1.05. The van der Waals surface area contributed by atoms with Gasteiger partial charge >= 0.3 is 5.97 Å². The lowest BCUT2D eigenvalue weighted by atomic mass is 9.87. The summed E-state index contributed by atoms with van der Waals surface area (Å²) in [6.07, 6.45) is 3.18. The predicted octanol–water partition coefficient (Wildman–Crippen LogP) is 6.56. The van der Waals surface area contributed by atoms with E-state index in [2.05, 4.69) is 29.1 Å². The Balaban J connectivity index is 1.14. The highest BCUT2D eigenvalue weighted by Gasteiger charge is 2.39. The third-order valence-corrected chi connectivity index (χ3v) is 8.57. The summed E-state index contributed by atoms with van der Waals surface area (Å²) in [5.74, 6) is -2.69. The van der Waals surface area contributed by atoms with E-state index in [1.54, 1.807) is 36.5 Å². The summed E-state index contributed by atoms with van der Waals surface area (Å²) in [4.78, 5) is 20.8. The molecule has 0 spiro atoms. The summed E-state index contributed by atoms with van der Waals surface area (Å²) in [5.41, 5.74) is 2.74. The van der Waals surface area contributed by atoms with Crippen LogP contribution in [0.3, 0.4) is 0 Å². The lowest BCUT2D eigenvalue weighted by Gasteiger charge is -2.28. The van der Waals surface area contributed by atoms with Crippen molar-refractivity contribution in [2.45, 2.75) is 32.9 Å². The quantitative estimate of drug-likeness (QED) is 0.186. The maximum atomic E-state index is 15.7. The second kappa shape index (κ2) is 12.2. The molecule has 0 amide bonds. The Morgan fingerprint density at radius 1 is 0.979 bits per heavy atom. The molecule has 3 aromatic heterocycles.